The van der Waals surface area contributed by atoms with Crippen molar-refractivity contribution in [2.75, 3.05) is 19.7 Å². The molecule has 4 rings (SSSR count). The number of nitrogens with one attached hydrogen (secondary N) is 1. The second-order valence-electron chi connectivity index (χ2n) is 8.44. The van der Waals surface area contributed by atoms with E-state index in [1.54, 1.807) is 0 Å². The standard InChI is InChI=1S/C22H31N3O3/c1-3-5-15-8-9-17-20-19(21(27)23-11-14-6-7-14)16(13-26)18(24(20)10-4-2)12-25(17)22(15)28/h3,5,8-9,14,16,18-20,26H,4,6-7,10-13H2,1-2H3,(H,23,27)/b5-3-/t16-,18-,19+,20+/m0/s1. The van der Waals surface area contributed by atoms with Crippen molar-refractivity contribution in [2.45, 2.75) is 51.7 Å². The summed E-state index contributed by atoms with van der Waals surface area (Å²) in [6, 6.07) is 3.73. The van der Waals surface area contributed by atoms with Gasteiger partial charge in [0.25, 0.3) is 5.56 Å². The van der Waals surface area contributed by atoms with Gasteiger partial charge in [0.15, 0.2) is 0 Å². The first-order valence-electron chi connectivity index (χ1n) is 10.6. The molecule has 0 radical (unpaired) electrons. The van der Waals surface area contributed by atoms with Crippen molar-refractivity contribution in [1.82, 2.24) is 14.8 Å². The number of hydrogen-bond donors (Lipinski definition) is 2. The Labute approximate surface area is 166 Å². The predicted molar refractivity (Wildman–Crippen MR) is 109 cm³/mol. The molecule has 1 saturated heterocycles. The van der Waals surface area contributed by atoms with Crippen LogP contribution in [0.2, 0.25) is 0 Å². The highest BCUT2D eigenvalue weighted by atomic mass is 16.3. The monoisotopic (exact) mass is 385 g/mol. The Bertz CT molecular complexity index is 827. The smallest absolute Gasteiger partial charge is 0.258 e. The van der Waals surface area contributed by atoms with E-state index in [1.807, 2.05) is 35.8 Å². The molecule has 0 spiro atoms. The van der Waals surface area contributed by atoms with Gasteiger partial charge >= 0.3 is 0 Å². The maximum absolute atomic E-state index is 13.2. The van der Waals surface area contributed by atoms with Crippen LogP contribution in [0.15, 0.2) is 23.0 Å². The van der Waals surface area contributed by atoms with Crippen molar-refractivity contribution in [3.05, 3.63) is 39.8 Å². The Morgan fingerprint density at radius 2 is 2.14 bits per heavy atom. The van der Waals surface area contributed by atoms with Crippen LogP contribution in [0.1, 0.15) is 50.4 Å². The maximum atomic E-state index is 13.2. The number of allylic oxidation sites excluding steroid dienone is 1. The first kappa shape index (κ1) is 19.4. The number of rotatable bonds is 7. The second kappa shape index (κ2) is 7.84. The van der Waals surface area contributed by atoms with Gasteiger partial charge in [0.2, 0.25) is 5.91 Å². The zero-order valence-electron chi connectivity index (χ0n) is 16.8. The number of aromatic nitrogens is 1. The maximum Gasteiger partial charge on any atom is 0.258 e. The Hall–Kier alpha value is -1.92. The number of carbonyl (C=O) groups excluding carboxylic acids is 1. The SMILES string of the molecule is C/C=C\c1ccc2n(c1=O)C[C@H]1[C@H](CO)[C@@H](C(=O)NCC3CC3)[C@@H]2N1CCC. The van der Waals surface area contributed by atoms with Gasteiger partial charge in [0.05, 0.1) is 12.0 Å². The summed E-state index contributed by atoms with van der Waals surface area (Å²) in [5.41, 5.74) is 1.58. The van der Waals surface area contributed by atoms with Crippen LogP contribution in [0.4, 0.5) is 0 Å². The number of hydrogen-bond acceptors (Lipinski definition) is 4. The molecule has 1 amide bonds. The summed E-state index contributed by atoms with van der Waals surface area (Å²) in [6.45, 7) is 6.13. The van der Waals surface area contributed by atoms with Crippen LogP contribution in [0, 0.1) is 17.8 Å². The van der Waals surface area contributed by atoms with E-state index in [9.17, 15) is 14.7 Å². The topological polar surface area (TPSA) is 74.6 Å². The Morgan fingerprint density at radius 3 is 2.79 bits per heavy atom. The van der Waals surface area contributed by atoms with Crippen LogP contribution >= 0.6 is 0 Å². The third-order valence-electron chi connectivity index (χ3n) is 6.59. The summed E-state index contributed by atoms with van der Waals surface area (Å²) in [4.78, 5) is 28.5. The van der Waals surface area contributed by atoms with Crippen LogP contribution in [-0.4, -0.2) is 46.2 Å². The Morgan fingerprint density at radius 1 is 1.36 bits per heavy atom. The molecule has 6 heteroatoms. The van der Waals surface area contributed by atoms with Crippen LogP contribution in [0.25, 0.3) is 6.08 Å². The molecule has 1 aromatic heterocycles. The van der Waals surface area contributed by atoms with Gasteiger partial charge in [-0.3, -0.25) is 14.5 Å². The minimum absolute atomic E-state index is 0.00234. The average Bonchev–Trinajstić information content (AvgIpc) is 3.48. The molecular formula is C22H31N3O3. The van der Waals surface area contributed by atoms with Crippen LogP contribution in [0.5, 0.6) is 0 Å². The lowest BCUT2D eigenvalue weighted by atomic mass is 9.86. The van der Waals surface area contributed by atoms with Crippen molar-refractivity contribution in [3.63, 3.8) is 0 Å². The molecule has 0 aromatic carbocycles. The largest absolute Gasteiger partial charge is 0.396 e. The third-order valence-corrected chi connectivity index (χ3v) is 6.59. The van der Waals surface area contributed by atoms with Crippen molar-refractivity contribution in [3.8, 4) is 0 Å². The normalized spacial score (nSPS) is 29.2. The molecule has 2 N–H and O–H groups in total. The van der Waals surface area contributed by atoms with Gasteiger partial charge in [0.1, 0.15) is 0 Å². The van der Waals surface area contributed by atoms with Gasteiger partial charge in [-0.1, -0.05) is 19.1 Å². The van der Waals surface area contributed by atoms with Crippen molar-refractivity contribution in [1.29, 1.82) is 0 Å². The molecule has 1 saturated carbocycles. The number of aliphatic hydroxyl groups is 1. The number of amides is 1. The molecule has 28 heavy (non-hydrogen) atoms. The Kier molecular flexibility index (Phi) is 5.43. The summed E-state index contributed by atoms with van der Waals surface area (Å²) < 4.78 is 1.84. The highest BCUT2D eigenvalue weighted by Crippen LogP contribution is 2.48. The summed E-state index contributed by atoms with van der Waals surface area (Å²) in [7, 11) is 0. The molecule has 4 atom stereocenters. The molecule has 152 valence electrons. The van der Waals surface area contributed by atoms with Crippen molar-refractivity contribution < 1.29 is 9.90 Å². The number of fused-ring (bicyclic) bond motifs is 4. The molecule has 2 fully saturated rings. The molecule has 1 aromatic rings. The Balaban J connectivity index is 1.74. The summed E-state index contributed by atoms with van der Waals surface area (Å²) >= 11 is 0. The molecule has 6 nitrogen and oxygen atoms in total. The zero-order valence-corrected chi connectivity index (χ0v) is 16.8. The molecule has 2 aliphatic heterocycles. The molecule has 3 heterocycles. The number of carbonyl (C=O) groups is 1. The van der Waals surface area contributed by atoms with Gasteiger partial charge in [-0.05, 0) is 50.8 Å². The lowest BCUT2D eigenvalue weighted by Crippen LogP contribution is -2.47. The van der Waals surface area contributed by atoms with Crippen LogP contribution in [-0.2, 0) is 11.3 Å². The average molecular weight is 386 g/mol. The van der Waals surface area contributed by atoms with E-state index in [0.29, 0.717) is 18.0 Å². The number of aliphatic hydroxyl groups excluding tert-OH is 1. The lowest BCUT2D eigenvalue weighted by molar-refractivity contribution is -0.127. The van der Waals surface area contributed by atoms with E-state index in [2.05, 4.69) is 17.1 Å². The molecular weight excluding hydrogens is 354 g/mol. The summed E-state index contributed by atoms with van der Waals surface area (Å²) in [5, 5.41) is 13.3. The fourth-order valence-corrected chi connectivity index (χ4v) is 5.10. The summed E-state index contributed by atoms with van der Waals surface area (Å²) in [6.07, 6.45) is 7.06. The number of nitrogens with zero attached hydrogens (tertiary/aromatic N) is 2. The van der Waals surface area contributed by atoms with Crippen LogP contribution in [0.3, 0.4) is 0 Å². The molecule has 1 aliphatic carbocycles. The van der Waals surface area contributed by atoms with E-state index in [0.717, 1.165) is 25.2 Å². The van der Waals surface area contributed by atoms with Crippen molar-refractivity contribution in [2.24, 2.45) is 17.8 Å². The lowest BCUT2D eigenvalue weighted by Gasteiger charge is -2.38. The molecule has 2 bridgehead atoms. The first-order valence-corrected chi connectivity index (χ1v) is 10.6. The van der Waals surface area contributed by atoms with E-state index in [1.165, 1.54) is 12.8 Å². The van der Waals surface area contributed by atoms with Gasteiger partial charge in [0, 0.05) is 42.9 Å². The van der Waals surface area contributed by atoms with E-state index >= 15 is 0 Å². The fraction of sp³-hybridized carbons (Fsp3) is 0.636. The highest BCUT2D eigenvalue weighted by Gasteiger charge is 2.55. The van der Waals surface area contributed by atoms with Crippen LogP contribution < -0.4 is 10.9 Å². The van der Waals surface area contributed by atoms with E-state index in [-0.39, 0.29) is 42.0 Å². The summed E-state index contributed by atoms with van der Waals surface area (Å²) in [5.74, 6) is 0.168. The van der Waals surface area contributed by atoms with Gasteiger partial charge in [-0.15, -0.1) is 0 Å². The van der Waals surface area contributed by atoms with Gasteiger partial charge in [-0.25, -0.2) is 0 Å². The number of pyridine rings is 1. The quantitative estimate of drug-likeness (QED) is 0.750. The molecule has 0 unspecified atom stereocenters. The van der Waals surface area contributed by atoms with E-state index < -0.39 is 0 Å². The minimum atomic E-state index is -0.319. The van der Waals surface area contributed by atoms with E-state index in [4.69, 9.17) is 0 Å². The third kappa shape index (κ3) is 3.22. The first-order chi connectivity index (χ1) is 13.6. The van der Waals surface area contributed by atoms with Crippen molar-refractivity contribution >= 4 is 12.0 Å². The second-order valence-corrected chi connectivity index (χ2v) is 8.44. The minimum Gasteiger partial charge on any atom is -0.396 e. The highest BCUT2D eigenvalue weighted by molar-refractivity contribution is 5.80. The zero-order chi connectivity index (χ0) is 19.8. The van der Waals surface area contributed by atoms with Gasteiger partial charge < -0.3 is 15.0 Å². The van der Waals surface area contributed by atoms with Gasteiger partial charge in [-0.2, -0.15) is 0 Å². The predicted octanol–water partition coefficient (Wildman–Crippen LogP) is 1.78. The fourth-order valence-electron chi connectivity index (χ4n) is 5.10. The molecule has 3 aliphatic rings.